The largest absolute Gasteiger partial charge is 0.394 e. The molecule has 122 valence electrons. The van der Waals surface area contributed by atoms with Gasteiger partial charge in [0.1, 0.15) is 0 Å². The number of hydrogen-bond donors (Lipinski definition) is 3. The van der Waals surface area contributed by atoms with Gasteiger partial charge in [-0.3, -0.25) is 9.59 Å². The maximum atomic E-state index is 11.8. The van der Waals surface area contributed by atoms with Crippen molar-refractivity contribution in [2.75, 3.05) is 13.2 Å². The van der Waals surface area contributed by atoms with Crippen molar-refractivity contribution in [1.82, 2.24) is 10.6 Å². The molecule has 0 heterocycles. The molecule has 0 saturated carbocycles. The van der Waals surface area contributed by atoms with E-state index in [9.17, 15) is 14.7 Å². The first kappa shape index (κ1) is 18.2. The molecule has 0 aliphatic rings. The second-order valence-electron chi connectivity index (χ2n) is 6.65. The lowest BCUT2D eigenvalue weighted by atomic mass is 9.92. The van der Waals surface area contributed by atoms with Crippen LogP contribution in [0.4, 0.5) is 0 Å². The number of amides is 2. The molecule has 0 aliphatic heterocycles. The van der Waals surface area contributed by atoms with Gasteiger partial charge in [-0.25, -0.2) is 0 Å². The Morgan fingerprint density at radius 2 is 1.77 bits per heavy atom. The third kappa shape index (κ3) is 7.78. The van der Waals surface area contributed by atoms with Crippen LogP contribution in [0.15, 0.2) is 30.3 Å². The molecule has 0 radical (unpaired) electrons. The summed E-state index contributed by atoms with van der Waals surface area (Å²) in [5, 5.41) is 14.7. The zero-order valence-corrected chi connectivity index (χ0v) is 13.6. The van der Waals surface area contributed by atoms with Gasteiger partial charge in [0.05, 0.1) is 19.2 Å². The lowest BCUT2D eigenvalue weighted by Crippen LogP contribution is -2.44. The van der Waals surface area contributed by atoms with Crippen molar-refractivity contribution in [3.63, 3.8) is 0 Å². The van der Waals surface area contributed by atoms with Crippen LogP contribution in [0.5, 0.6) is 0 Å². The van der Waals surface area contributed by atoms with Crippen LogP contribution in [0.3, 0.4) is 0 Å². The number of nitrogens with one attached hydrogen (secondary N) is 2. The quantitative estimate of drug-likeness (QED) is 0.709. The van der Waals surface area contributed by atoms with Gasteiger partial charge in [0, 0.05) is 6.42 Å². The fraction of sp³-hybridized carbons (Fsp3) is 0.529. The zero-order valence-electron chi connectivity index (χ0n) is 13.6. The molecule has 0 aliphatic carbocycles. The highest BCUT2D eigenvalue weighted by Gasteiger charge is 2.17. The fourth-order valence-corrected chi connectivity index (χ4v) is 2.06. The molecule has 1 rings (SSSR count). The second kappa shape index (κ2) is 8.54. The highest BCUT2D eigenvalue weighted by Crippen LogP contribution is 2.17. The van der Waals surface area contributed by atoms with E-state index in [1.807, 2.05) is 51.1 Å². The lowest BCUT2D eigenvalue weighted by molar-refractivity contribution is -0.127. The molecule has 0 spiro atoms. The Bertz CT molecular complexity index is 480. The Labute approximate surface area is 132 Å². The average Bonchev–Trinajstić information content (AvgIpc) is 2.44. The van der Waals surface area contributed by atoms with Gasteiger partial charge in [0.25, 0.3) is 0 Å². The first-order valence-corrected chi connectivity index (χ1v) is 7.51. The molecule has 1 unspecified atom stereocenters. The van der Waals surface area contributed by atoms with Crippen molar-refractivity contribution in [2.24, 2.45) is 5.41 Å². The molecule has 1 atom stereocenters. The van der Waals surface area contributed by atoms with Gasteiger partial charge in [-0.05, 0) is 17.4 Å². The van der Waals surface area contributed by atoms with E-state index >= 15 is 0 Å². The molecule has 5 nitrogen and oxygen atoms in total. The van der Waals surface area contributed by atoms with Crippen molar-refractivity contribution >= 4 is 11.8 Å². The molecule has 5 heteroatoms. The fourth-order valence-electron chi connectivity index (χ4n) is 2.06. The summed E-state index contributed by atoms with van der Waals surface area (Å²) in [5.74, 6) is -0.441. The monoisotopic (exact) mass is 306 g/mol. The van der Waals surface area contributed by atoms with Gasteiger partial charge in [-0.15, -0.1) is 0 Å². The molecular weight excluding hydrogens is 280 g/mol. The van der Waals surface area contributed by atoms with Crippen molar-refractivity contribution in [3.05, 3.63) is 35.9 Å². The van der Waals surface area contributed by atoms with E-state index in [0.717, 1.165) is 5.56 Å². The van der Waals surface area contributed by atoms with Crippen LogP contribution in [-0.4, -0.2) is 36.1 Å². The van der Waals surface area contributed by atoms with Gasteiger partial charge in [0.15, 0.2) is 0 Å². The molecule has 0 saturated heterocycles. The van der Waals surface area contributed by atoms with E-state index in [-0.39, 0.29) is 36.4 Å². The zero-order chi connectivity index (χ0) is 16.6. The predicted molar refractivity (Wildman–Crippen MR) is 86.2 cm³/mol. The highest BCUT2D eigenvalue weighted by atomic mass is 16.3. The Balaban J connectivity index is 2.37. The summed E-state index contributed by atoms with van der Waals surface area (Å²) in [4.78, 5) is 23.5. The molecule has 0 bridgehead atoms. The van der Waals surface area contributed by atoms with Crippen LogP contribution in [0.1, 0.15) is 32.8 Å². The Morgan fingerprint density at radius 3 is 2.32 bits per heavy atom. The molecule has 22 heavy (non-hydrogen) atoms. The highest BCUT2D eigenvalue weighted by molar-refractivity contribution is 5.85. The number of aliphatic hydroxyl groups is 1. The lowest BCUT2D eigenvalue weighted by Gasteiger charge is -2.19. The van der Waals surface area contributed by atoms with E-state index < -0.39 is 0 Å². The minimum Gasteiger partial charge on any atom is -0.394 e. The van der Waals surface area contributed by atoms with Crippen LogP contribution < -0.4 is 10.6 Å². The van der Waals surface area contributed by atoms with Crippen LogP contribution in [0, 0.1) is 5.41 Å². The predicted octanol–water partition coefficient (Wildman–Crippen LogP) is 1.26. The molecule has 1 aromatic carbocycles. The third-order valence-corrected chi connectivity index (χ3v) is 3.05. The number of aliphatic hydroxyl groups excluding tert-OH is 1. The molecule has 3 N–H and O–H groups in total. The number of carbonyl (C=O) groups is 2. The average molecular weight is 306 g/mol. The molecule has 1 aromatic rings. The smallest absolute Gasteiger partial charge is 0.239 e. The van der Waals surface area contributed by atoms with Crippen LogP contribution in [0.25, 0.3) is 0 Å². The summed E-state index contributed by atoms with van der Waals surface area (Å²) < 4.78 is 0. The van der Waals surface area contributed by atoms with Gasteiger partial charge < -0.3 is 15.7 Å². The summed E-state index contributed by atoms with van der Waals surface area (Å²) >= 11 is 0. The van der Waals surface area contributed by atoms with E-state index in [1.165, 1.54) is 0 Å². The topological polar surface area (TPSA) is 78.4 Å². The summed E-state index contributed by atoms with van der Waals surface area (Å²) in [7, 11) is 0. The van der Waals surface area contributed by atoms with E-state index in [4.69, 9.17) is 0 Å². The Kier molecular flexibility index (Phi) is 7.05. The Hall–Kier alpha value is -1.88. The molecular formula is C17H26N2O3. The SMILES string of the molecule is CC(C)(C)CC(=O)NCC(=O)NC(CO)Cc1ccccc1. The maximum Gasteiger partial charge on any atom is 0.239 e. The summed E-state index contributed by atoms with van der Waals surface area (Å²) in [5.41, 5.74) is 0.931. The van der Waals surface area contributed by atoms with Crippen molar-refractivity contribution < 1.29 is 14.7 Å². The van der Waals surface area contributed by atoms with Crippen molar-refractivity contribution in [3.8, 4) is 0 Å². The summed E-state index contributed by atoms with van der Waals surface area (Å²) in [6.45, 7) is 5.69. The Morgan fingerprint density at radius 1 is 1.14 bits per heavy atom. The third-order valence-electron chi connectivity index (χ3n) is 3.05. The minimum absolute atomic E-state index is 0.0692. The normalized spacial score (nSPS) is 12.5. The van der Waals surface area contributed by atoms with Gasteiger partial charge in [0.2, 0.25) is 11.8 Å². The van der Waals surface area contributed by atoms with Crippen LogP contribution >= 0.6 is 0 Å². The van der Waals surface area contributed by atoms with Crippen molar-refractivity contribution in [2.45, 2.75) is 39.7 Å². The number of benzene rings is 1. The van der Waals surface area contributed by atoms with E-state index in [0.29, 0.717) is 12.8 Å². The molecule has 0 fully saturated rings. The minimum atomic E-state index is -0.352. The van der Waals surface area contributed by atoms with Crippen LogP contribution in [-0.2, 0) is 16.0 Å². The van der Waals surface area contributed by atoms with Crippen LogP contribution in [0.2, 0.25) is 0 Å². The van der Waals surface area contributed by atoms with Gasteiger partial charge >= 0.3 is 0 Å². The van der Waals surface area contributed by atoms with Gasteiger partial charge in [-0.1, -0.05) is 51.1 Å². The molecule has 0 aromatic heterocycles. The molecule has 2 amide bonds. The van der Waals surface area contributed by atoms with E-state index in [2.05, 4.69) is 10.6 Å². The summed E-state index contributed by atoms with van der Waals surface area (Å²) in [6, 6.07) is 9.28. The standard InChI is InChI=1S/C17H26N2O3/c1-17(2,3)10-15(21)18-11-16(22)19-14(12-20)9-13-7-5-4-6-8-13/h4-8,14,20H,9-12H2,1-3H3,(H,18,21)(H,19,22). The first-order chi connectivity index (χ1) is 10.3. The maximum absolute atomic E-state index is 11.8. The second-order valence-corrected chi connectivity index (χ2v) is 6.65. The number of rotatable bonds is 7. The summed E-state index contributed by atoms with van der Waals surface area (Å²) in [6.07, 6.45) is 0.923. The van der Waals surface area contributed by atoms with E-state index in [1.54, 1.807) is 0 Å². The first-order valence-electron chi connectivity index (χ1n) is 7.51. The van der Waals surface area contributed by atoms with Crippen molar-refractivity contribution in [1.29, 1.82) is 0 Å². The number of hydrogen-bond acceptors (Lipinski definition) is 3. The van der Waals surface area contributed by atoms with Gasteiger partial charge in [-0.2, -0.15) is 0 Å². The number of carbonyl (C=O) groups excluding carboxylic acids is 2.